The van der Waals surface area contributed by atoms with Gasteiger partial charge >= 0.3 is 5.97 Å². The summed E-state index contributed by atoms with van der Waals surface area (Å²) in [5.41, 5.74) is 9.59. The highest BCUT2D eigenvalue weighted by Gasteiger charge is 2.47. The smallest absolute Gasteiger partial charge is 0.331 e. The second-order valence-electron chi connectivity index (χ2n) is 5.83. The highest BCUT2D eigenvalue weighted by molar-refractivity contribution is 6.13. The highest BCUT2D eigenvalue weighted by Crippen LogP contribution is 2.18. The summed E-state index contributed by atoms with van der Waals surface area (Å²) < 4.78 is 0. The predicted molar refractivity (Wildman–Crippen MR) is 80.6 cm³/mol. The standard InChI is InChI=1S/C14H19N5O5/c15-8(3-7-5-17-6-18-7)12(22)14(16,13(23)24)4-10(20)9-1-2-11(21)19-9/h5-6,8-9H,1-4,15-16H2,(H,17,18)(H,19,21)(H,23,24). The lowest BCUT2D eigenvalue weighted by Crippen LogP contribution is -2.62. The molecule has 130 valence electrons. The van der Waals surface area contributed by atoms with E-state index in [-0.39, 0.29) is 25.2 Å². The van der Waals surface area contributed by atoms with Gasteiger partial charge in [-0.25, -0.2) is 9.78 Å². The Bertz CT molecular complexity index is 659. The number of hydrogen-bond donors (Lipinski definition) is 5. The monoisotopic (exact) mass is 337 g/mol. The van der Waals surface area contributed by atoms with Crippen molar-refractivity contribution in [3.8, 4) is 0 Å². The zero-order valence-corrected chi connectivity index (χ0v) is 12.8. The van der Waals surface area contributed by atoms with Crippen LogP contribution in [0, 0.1) is 0 Å². The fourth-order valence-electron chi connectivity index (χ4n) is 2.58. The van der Waals surface area contributed by atoms with Crippen LogP contribution in [0.3, 0.4) is 0 Å². The van der Waals surface area contributed by atoms with Gasteiger partial charge in [-0.3, -0.25) is 14.4 Å². The first-order valence-electron chi connectivity index (χ1n) is 7.35. The van der Waals surface area contributed by atoms with Crippen LogP contribution in [-0.2, 0) is 25.6 Å². The first-order chi connectivity index (χ1) is 11.2. The molecule has 24 heavy (non-hydrogen) atoms. The van der Waals surface area contributed by atoms with Crippen molar-refractivity contribution >= 4 is 23.4 Å². The minimum Gasteiger partial charge on any atom is -0.480 e. The number of carbonyl (C=O) groups is 4. The van der Waals surface area contributed by atoms with Crippen molar-refractivity contribution in [2.45, 2.75) is 43.3 Å². The van der Waals surface area contributed by atoms with E-state index in [1.807, 2.05) is 0 Å². The topological polar surface area (TPSA) is 181 Å². The molecule has 0 radical (unpaired) electrons. The van der Waals surface area contributed by atoms with Gasteiger partial charge in [0, 0.05) is 31.2 Å². The number of rotatable bonds is 8. The third-order valence-electron chi connectivity index (χ3n) is 3.99. The van der Waals surface area contributed by atoms with Crippen LogP contribution < -0.4 is 16.8 Å². The Morgan fingerprint density at radius 2 is 2.17 bits per heavy atom. The number of Topliss-reactive ketones (excluding diaryl/α,β-unsaturated/α-hetero) is 2. The second kappa shape index (κ2) is 6.89. The maximum absolute atomic E-state index is 12.4. The van der Waals surface area contributed by atoms with Gasteiger partial charge in [-0.15, -0.1) is 0 Å². The Morgan fingerprint density at radius 3 is 2.67 bits per heavy atom. The number of hydrogen-bond acceptors (Lipinski definition) is 7. The first-order valence-corrected chi connectivity index (χ1v) is 7.35. The molecule has 2 rings (SSSR count). The van der Waals surface area contributed by atoms with E-state index in [1.165, 1.54) is 12.5 Å². The molecule has 1 saturated heterocycles. The zero-order chi connectivity index (χ0) is 17.9. The van der Waals surface area contributed by atoms with Gasteiger partial charge in [0.05, 0.1) is 18.4 Å². The van der Waals surface area contributed by atoms with Crippen molar-refractivity contribution in [3.63, 3.8) is 0 Å². The van der Waals surface area contributed by atoms with Crippen molar-refractivity contribution in [2.24, 2.45) is 11.5 Å². The molecular formula is C14H19N5O5. The molecule has 7 N–H and O–H groups in total. The van der Waals surface area contributed by atoms with Gasteiger partial charge in [-0.2, -0.15) is 0 Å². The molecule has 1 aromatic rings. The van der Waals surface area contributed by atoms with E-state index < -0.39 is 41.6 Å². The number of aromatic amines is 1. The Kier molecular flexibility index (Phi) is 5.10. The number of imidazole rings is 1. The first kappa shape index (κ1) is 17.8. The Hall–Kier alpha value is -2.59. The third-order valence-corrected chi connectivity index (χ3v) is 3.99. The summed E-state index contributed by atoms with van der Waals surface area (Å²) in [5.74, 6) is -3.49. The maximum Gasteiger partial charge on any atom is 0.331 e. The molecule has 1 aromatic heterocycles. The molecule has 0 bridgehead atoms. The summed E-state index contributed by atoms with van der Waals surface area (Å²) in [6.07, 6.45) is 2.55. The van der Waals surface area contributed by atoms with Crippen molar-refractivity contribution in [1.82, 2.24) is 15.3 Å². The molecule has 0 aliphatic carbocycles. The molecule has 0 spiro atoms. The molecule has 10 nitrogen and oxygen atoms in total. The number of carbonyl (C=O) groups excluding carboxylic acids is 3. The number of carboxylic acid groups (broad SMARTS) is 1. The summed E-state index contributed by atoms with van der Waals surface area (Å²) >= 11 is 0. The zero-order valence-electron chi connectivity index (χ0n) is 12.8. The van der Waals surface area contributed by atoms with E-state index in [9.17, 15) is 24.3 Å². The number of amides is 1. The number of nitrogens with one attached hydrogen (secondary N) is 2. The molecule has 0 aromatic carbocycles. The Morgan fingerprint density at radius 1 is 1.46 bits per heavy atom. The molecule has 1 aliphatic rings. The lowest BCUT2D eigenvalue weighted by atomic mass is 9.83. The molecule has 3 unspecified atom stereocenters. The van der Waals surface area contributed by atoms with Crippen molar-refractivity contribution in [1.29, 1.82) is 0 Å². The number of H-pyrrole nitrogens is 1. The number of nitrogens with zero attached hydrogens (tertiary/aromatic N) is 1. The Labute approximate surface area is 137 Å². The van der Waals surface area contributed by atoms with Crippen LogP contribution >= 0.6 is 0 Å². The summed E-state index contributed by atoms with van der Waals surface area (Å²) in [6, 6.07) is -2.03. The lowest BCUT2D eigenvalue weighted by molar-refractivity contribution is -0.151. The van der Waals surface area contributed by atoms with Crippen LogP contribution in [0.5, 0.6) is 0 Å². The largest absolute Gasteiger partial charge is 0.480 e. The SMILES string of the molecule is NC(Cc1cnc[nH]1)C(=O)C(N)(CC(=O)C1CCC(=O)N1)C(=O)O. The van der Waals surface area contributed by atoms with E-state index in [1.54, 1.807) is 0 Å². The number of carboxylic acids is 1. The number of nitrogens with two attached hydrogens (primary N) is 2. The van der Waals surface area contributed by atoms with Gasteiger partial charge in [0.1, 0.15) is 0 Å². The number of aliphatic carboxylic acids is 1. The molecule has 1 fully saturated rings. The second-order valence-corrected chi connectivity index (χ2v) is 5.83. The molecule has 1 aliphatic heterocycles. The van der Waals surface area contributed by atoms with E-state index >= 15 is 0 Å². The average molecular weight is 337 g/mol. The fraction of sp³-hybridized carbons (Fsp3) is 0.500. The number of aromatic nitrogens is 2. The van der Waals surface area contributed by atoms with Gasteiger partial charge in [-0.05, 0) is 6.42 Å². The summed E-state index contributed by atoms with van der Waals surface area (Å²) in [6.45, 7) is 0. The van der Waals surface area contributed by atoms with Gasteiger partial charge < -0.3 is 26.9 Å². The van der Waals surface area contributed by atoms with Crippen molar-refractivity contribution in [2.75, 3.05) is 0 Å². The van der Waals surface area contributed by atoms with Crippen LogP contribution in [0.4, 0.5) is 0 Å². The van der Waals surface area contributed by atoms with Crippen LogP contribution in [0.15, 0.2) is 12.5 Å². The number of ketones is 2. The van der Waals surface area contributed by atoms with E-state index in [2.05, 4.69) is 15.3 Å². The quantitative estimate of drug-likeness (QED) is 0.333. The third kappa shape index (κ3) is 3.66. The molecule has 1 amide bonds. The summed E-state index contributed by atoms with van der Waals surface area (Å²) in [4.78, 5) is 53.8. The van der Waals surface area contributed by atoms with Crippen LogP contribution in [0.1, 0.15) is 25.0 Å². The van der Waals surface area contributed by atoms with E-state index in [4.69, 9.17) is 11.5 Å². The van der Waals surface area contributed by atoms with Gasteiger partial charge in [0.15, 0.2) is 17.1 Å². The van der Waals surface area contributed by atoms with Crippen molar-refractivity contribution in [3.05, 3.63) is 18.2 Å². The van der Waals surface area contributed by atoms with E-state index in [0.717, 1.165) is 0 Å². The molecule has 0 saturated carbocycles. The van der Waals surface area contributed by atoms with Crippen LogP contribution in [0.2, 0.25) is 0 Å². The molecule has 2 heterocycles. The van der Waals surface area contributed by atoms with Crippen LogP contribution in [-0.4, -0.2) is 56.1 Å². The lowest BCUT2D eigenvalue weighted by Gasteiger charge is -2.26. The normalized spacial score (nSPS) is 20.9. The van der Waals surface area contributed by atoms with Gasteiger partial charge in [0.25, 0.3) is 0 Å². The highest BCUT2D eigenvalue weighted by atomic mass is 16.4. The van der Waals surface area contributed by atoms with Gasteiger partial charge in [-0.1, -0.05) is 0 Å². The summed E-state index contributed by atoms with van der Waals surface area (Å²) in [5, 5.41) is 11.8. The minimum absolute atomic E-state index is 0.0133. The van der Waals surface area contributed by atoms with Gasteiger partial charge in [0.2, 0.25) is 5.91 Å². The fourth-order valence-corrected chi connectivity index (χ4v) is 2.58. The molecule has 10 heteroatoms. The minimum atomic E-state index is -2.44. The van der Waals surface area contributed by atoms with E-state index in [0.29, 0.717) is 5.69 Å². The van der Waals surface area contributed by atoms with Crippen LogP contribution in [0.25, 0.3) is 0 Å². The predicted octanol–water partition coefficient (Wildman–Crippen LogP) is -2.13. The summed E-state index contributed by atoms with van der Waals surface area (Å²) in [7, 11) is 0. The van der Waals surface area contributed by atoms with Crippen molar-refractivity contribution < 1.29 is 24.3 Å². The molecular weight excluding hydrogens is 318 g/mol. The maximum atomic E-state index is 12.4. The average Bonchev–Trinajstić information content (AvgIpc) is 3.17. The Balaban J connectivity index is 2.10. The molecule has 3 atom stereocenters.